The number of piperidine rings is 1. The van der Waals surface area contributed by atoms with Crippen LogP contribution in [0.15, 0.2) is 65.6 Å². The molecule has 0 atom stereocenters. The monoisotopic (exact) mass is 373 g/mol. The van der Waals surface area contributed by atoms with E-state index in [1.54, 1.807) is 37.3 Å². The SMILES string of the molecule is CCOC(=O)C1(c2ccccc2)CCN(S(=O)(=O)c2ccccc2)CC1. The molecular weight excluding hydrogens is 350 g/mol. The van der Waals surface area contributed by atoms with Crippen LogP contribution in [0, 0.1) is 0 Å². The number of hydrogen-bond donors (Lipinski definition) is 0. The molecule has 1 saturated heterocycles. The Bertz CT molecular complexity index is 842. The topological polar surface area (TPSA) is 63.7 Å². The summed E-state index contributed by atoms with van der Waals surface area (Å²) in [6.07, 6.45) is 0.809. The van der Waals surface area contributed by atoms with Gasteiger partial charge in [-0.3, -0.25) is 4.79 Å². The third-order valence-corrected chi connectivity index (χ3v) is 6.86. The fourth-order valence-electron chi connectivity index (χ4n) is 3.49. The van der Waals surface area contributed by atoms with E-state index in [-0.39, 0.29) is 24.0 Å². The van der Waals surface area contributed by atoms with E-state index in [1.165, 1.54) is 4.31 Å². The van der Waals surface area contributed by atoms with E-state index >= 15 is 0 Å². The lowest BCUT2D eigenvalue weighted by atomic mass is 9.73. The molecule has 2 aromatic carbocycles. The summed E-state index contributed by atoms with van der Waals surface area (Å²) < 4.78 is 32.5. The summed E-state index contributed by atoms with van der Waals surface area (Å²) in [4.78, 5) is 13.0. The second-order valence-corrected chi connectivity index (χ2v) is 8.32. The van der Waals surface area contributed by atoms with Crippen molar-refractivity contribution in [1.29, 1.82) is 0 Å². The average molecular weight is 373 g/mol. The van der Waals surface area contributed by atoms with Gasteiger partial charge in [-0.2, -0.15) is 4.31 Å². The molecule has 0 saturated carbocycles. The lowest BCUT2D eigenvalue weighted by Crippen LogP contribution is -2.49. The highest BCUT2D eigenvalue weighted by Gasteiger charge is 2.46. The predicted molar refractivity (Wildman–Crippen MR) is 99.2 cm³/mol. The normalized spacial score (nSPS) is 17.6. The Kier molecular flexibility index (Phi) is 5.44. The van der Waals surface area contributed by atoms with Crippen molar-refractivity contribution < 1.29 is 17.9 Å². The minimum Gasteiger partial charge on any atom is -0.465 e. The molecule has 1 aliphatic heterocycles. The highest BCUT2D eigenvalue weighted by atomic mass is 32.2. The van der Waals surface area contributed by atoms with Gasteiger partial charge in [-0.25, -0.2) is 8.42 Å². The fraction of sp³-hybridized carbons (Fsp3) is 0.350. The maximum atomic E-state index is 12.8. The summed E-state index contributed by atoms with van der Waals surface area (Å²) >= 11 is 0. The molecule has 0 N–H and O–H groups in total. The highest BCUT2D eigenvalue weighted by Crippen LogP contribution is 2.38. The minimum atomic E-state index is -3.55. The van der Waals surface area contributed by atoms with Gasteiger partial charge in [-0.05, 0) is 37.5 Å². The summed E-state index contributed by atoms with van der Waals surface area (Å²) in [5.41, 5.74) is 0.0928. The Morgan fingerprint density at radius 1 is 1.00 bits per heavy atom. The van der Waals surface area contributed by atoms with Crippen molar-refractivity contribution in [3.05, 3.63) is 66.2 Å². The number of hydrogen-bond acceptors (Lipinski definition) is 4. The van der Waals surface area contributed by atoms with Gasteiger partial charge in [-0.15, -0.1) is 0 Å². The lowest BCUT2D eigenvalue weighted by molar-refractivity contribution is -0.152. The van der Waals surface area contributed by atoms with E-state index in [0.29, 0.717) is 19.4 Å². The first-order valence-electron chi connectivity index (χ1n) is 8.78. The number of ether oxygens (including phenoxy) is 1. The zero-order valence-corrected chi connectivity index (χ0v) is 15.6. The highest BCUT2D eigenvalue weighted by molar-refractivity contribution is 7.89. The van der Waals surface area contributed by atoms with Gasteiger partial charge < -0.3 is 4.74 Å². The molecule has 0 unspecified atom stereocenters. The molecule has 3 rings (SSSR count). The molecule has 1 aliphatic rings. The summed E-state index contributed by atoms with van der Waals surface area (Å²) in [7, 11) is -3.55. The standard InChI is InChI=1S/C20H23NO4S/c1-2-25-19(22)20(17-9-5-3-6-10-17)13-15-21(16-14-20)26(23,24)18-11-7-4-8-12-18/h3-12H,2,13-16H2,1H3. The number of nitrogens with zero attached hydrogens (tertiary/aromatic N) is 1. The molecule has 5 nitrogen and oxygen atoms in total. The van der Waals surface area contributed by atoms with Gasteiger partial charge in [0.25, 0.3) is 0 Å². The predicted octanol–water partition coefficient (Wildman–Crippen LogP) is 2.97. The number of carbonyl (C=O) groups excluding carboxylic acids is 1. The quantitative estimate of drug-likeness (QED) is 0.756. The van der Waals surface area contributed by atoms with E-state index in [1.807, 2.05) is 30.3 Å². The van der Waals surface area contributed by atoms with Gasteiger partial charge in [0.05, 0.1) is 16.9 Å². The number of carbonyl (C=O) groups is 1. The fourth-order valence-corrected chi connectivity index (χ4v) is 4.95. The van der Waals surface area contributed by atoms with E-state index in [4.69, 9.17) is 4.74 Å². The molecule has 26 heavy (non-hydrogen) atoms. The number of esters is 1. The van der Waals surface area contributed by atoms with E-state index in [0.717, 1.165) is 5.56 Å². The van der Waals surface area contributed by atoms with Crippen molar-refractivity contribution in [2.75, 3.05) is 19.7 Å². The first-order valence-corrected chi connectivity index (χ1v) is 10.2. The number of sulfonamides is 1. The maximum absolute atomic E-state index is 12.8. The largest absolute Gasteiger partial charge is 0.465 e. The molecule has 0 spiro atoms. The third kappa shape index (κ3) is 3.39. The number of rotatable bonds is 5. The van der Waals surface area contributed by atoms with Crippen molar-refractivity contribution in [1.82, 2.24) is 4.31 Å². The van der Waals surface area contributed by atoms with Gasteiger partial charge in [0.1, 0.15) is 0 Å². The van der Waals surface area contributed by atoms with E-state index < -0.39 is 15.4 Å². The van der Waals surface area contributed by atoms with Gasteiger partial charge in [0.15, 0.2) is 0 Å². The molecule has 1 fully saturated rings. The summed E-state index contributed by atoms with van der Waals surface area (Å²) in [6, 6.07) is 17.9. The van der Waals surface area contributed by atoms with Crippen molar-refractivity contribution in [3.63, 3.8) is 0 Å². The molecular formula is C20H23NO4S. The Morgan fingerprint density at radius 3 is 2.08 bits per heavy atom. The second-order valence-electron chi connectivity index (χ2n) is 6.39. The lowest BCUT2D eigenvalue weighted by Gasteiger charge is -2.39. The van der Waals surface area contributed by atoms with Crippen LogP contribution >= 0.6 is 0 Å². The average Bonchev–Trinajstić information content (AvgIpc) is 2.69. The number of benzene rings is 2. The Balaban J connectivity index is 1.87. The van der Waals surface area contributed by atoms with Gasteiger partial charge >= 0.3 is 5.97 Å². The van der Waals surface area contributed by atoms with E-state index in [2.05, 4.69) is 0 Å². The van der Waals surface area contributed by atoms with Gasteiger partial charge in [0, 0.05) is 13.1 Å². The molecule has 0 radical (unpaired) electrons. The molecule has 2 aromatic rings. The third-order valence-electron chi connectivity index (χ3n) is 4.95. The van der Waals surface area contributed by atoms with Crippen molar-refractivity contribution in [2.24, 2.45) is 0 Å². The Morgan fingerprint density at radius 2 is 1.54 bits per heavy atom. The molecule has 0 aromatic heterocycles. The zero-order chi connectivity index (χ0) is 18.6. The second kappa shape index (κ2) is 7.60. The zero-order valence-electron chi connectivity index (χ0n) is 14.8. The van der Waals surface area contributed by atoms with Crippen molar-refractivity contribution in [2.45, 2.75) is 30.1 Å². The van der Waals surface area contributed by atoms with Crippen LogP contribution in [0.4, 0.5) is 0 Å². The molecule has 0 bridgehead atoms. The van der Waals surface area contributed by atoms with Crippen LogP contribution in [0.5, 0.6) is 0 Å². The first kappa shape index (κ1) is 18.6. The molecule has 0 aliphatic carbocycles. The maximum Gasteiger partial charge on any atom is 0.316 e. The van der Waals surface area contributed by atoms with Gasteiger partial charge in [-0.1, -0.05) is 48.5 Å². The summed E-state index contributed by atoms with van der Waals surface area (Å²) in [5.74, 6) is -0.275. The first-order chi connectivity index (χ1) is 12.5. The van der Waals surface area contributed by atoms with Gasteiger partial charge in [0.2, 0.25) is 10.0 Å². The summed E-state index contributed by atoms with van der Waals surface area (Å²) in [5, 5.41) is 0. The van der Waals surface area contributed by atoms with Crippen LogP contribution in [0.3, 0.4) is 0 Å². The van der Waals surface area contributed by atoms with Crippen LogP contribution < -0.4 is 0 Å². The Hall–Kier alpha value is -2.18. The summed E-state index contributed by atoms with van der Waals surface area (Å²) in [6.45, 7) is 2.65. The van der Waals surface area contributed by atoms with Crippen LogP contribution in [0.2, 0.25) is 0 Å². The molecule has 1 heterocycles. The molecule has 6 heteroatoms. The smallest absolute Gasteiger partial charge is 0.316 e. The molecule has 0 amide bonds. The van der Waals surface area contributed by atoms with Crippen LogP contribution in [-0.4, -0.2) is 38.4 Å². The van der Waals surface area contributed by atoms with Crippen LogP contribution in [0.1, 0.15) is 25.3 Å². The van der Waals surface area contributed by atoms with Crippen LogP contribution in [0.25, 0.3) is 0 Å². The van der Waals surface area contributed by atoms with E-state index in [9.17, 15) is 13.2 Å². The minimum absolute atomic E-state index is 0.275. The van der Waals surface area contributed by atoms with Crippen molar-refractivity contribution >= 4 is 16.0 Å². The Labute approximate surface area is 154 Å². The van der Waals surface area contributed by atoms with Crippen LogP contribution in [-0.2, 0) is 25.0 Å². The molecule has 138 valence electrons. The van der Waals surface area contributed by atoms with Crippen molar-refractivity contribution in [3.8, 4) is 0 Å².